The predicted molar refractivity (Wildman–Crippen MR) is 87.2 cm³/mol. The highest BCUT2D eigenvalue weighted by Gasteiger charge is 2.26. The molecule has 3 rings (SSSR count). The molecule has 0 amide bonds. The number of imidazole rings is 1. The number of thioether (sulfide) groups is 1. The SMILES string of the molecule is CSC1CCC(NC(C)c2nc3ccccc3n2C)C1. The third kappa shape index (κ3) is 2.59. The van der Waals surface area contributed by atoms with Gasteiger partial charge in [0.15, 0.2) is 0 Å². The van der Waals surface area contributed by atoms with Crippen molar-refractivity contribution in [1.82, 2.24) is 14.9 Å². The lowest BCUT2D eigenvalue weighted by molar-refractivity contribution is 0.442. The fraction of sp³-hybridized carbons (Fsp3) is 0.562. The monoisotopic (exact) mass is 289 g/mol. The molecule has 1 fully saturated rings. The summed E-state index contributed by atoms with van der Waals surface area (Å²) in [5.41, 5.74) is 2.30. The van der Waals surface area contributed by atoms with Gasteiger partial charge >= 0.3 is 0 Å². The molecule has 1 aliphatic rings. The second-order valence-electron chi connectivity index (χ2n) is 5.77. The Morgan fingerprint density at radius 2 is 2.15 bits per heavy atom. The van der Waals surface area contributed by atoms with E-state index in [1.807, 2.05) is 11.8 Å². The van der Waals surface area contributed by atoms with Gasteiger partial charge in [-0.15, -0.1) is 0 Å². The molecule has 0 bridgehead atoms. The minimum Gasteiger partial charge on any atom is -0.330 e. The average molecular weight is 289 g/mol. The fourth-order valence-electron chi connectivity index (χ4n) is 3.29. The number of hydrogen-bond acceptors (Lipinski definition) is 3. The Balaban J connectivity index is 1.76. The van der Waals surface area contributed by atoms with Crippen LogP contribution in [-0.4, -0.2) is 27.1 Å². The smallest absolute Gasteiger partial charge is 0.126 e. The van der Waals surface area contributed by atoms with E-state index in [1.54, 1.807) is 0 Å². The minimum atomic E-state index is 0.304. The summed E-state index contributed by atoms with van der Waals surface area (Å²) in [6.07, 6.45) is 6.14. The van der Waals surface area contributed by atoms with E-state index in [4.69, 9.17) is 4.98 Å². The first-order chi connectivity index (χ1) is 9.69. The number of aryl methyl sites for hydroxylation is 1. The van der Waals surface area contributed by atoms with Gasteiger partial charge in [0.25, 0.3) is 0 Å². The van der Waals surface area contributed by atoms with Crippen LogP contribution >= 0.6 is 11.8 Å². The highest BCUT2D eigenvalue weighted by atomic mass is 32.2. The van der Waals surface area contributed by atoms with Crippen molar-refractivity contribution >= 4 is 22.8 Å². The van der Waals surface area contributed by atoms with Gasteiger partial charge in [-0.2, -0.15) is 11.8 Å². The molecule has 0 saturated heterocycles. The number of hydrogen-bond donors (Lipinski definition) is 1. The van der Waals surface area contributed by atoms with Crippen molar-refractivity contribution in [2.45, 2.75) is 43.5 Å². The van der Waals surface area contributed by atoms with Crippen LogP contribution in [0.5, 0.6) is 0 Å². The second-order valence-corrected chi connectivity index (χ2v) is 6.91. The summed E-state index contributed by atoms with van der Waals surface area (Å²) in [6, 6.07) is 9.30. The Kier molecular flexibility index (Phi) is 4.03. The minimum absolute atomic E-state index is 0.304. The van der Waals surface area contributed by atoms with Gasteiger partial charge in [0.1, 0.15) is 5.82 Å². The van der Waals surface area contributed by atoms with Crippen molar-refractivity contribution in [3.05, 3.63) is 30.1 Å². The molecule has 1 aliphatic carbocycles. The molecule has 1 aromatic heterocycles. The third-order valence-corrected chi connectivity index (χ3v) is 5.51. The number of para-hydroxylation sites is 2. The van der Waals surface area contributed by atoms with E-state index >= 15 is 0 Å². The Morgan fingerprint density at radius 1 is 1.35 bits per heavy atom. The maximum atomic E-state index is 4.79. The zero-order chi connectivity index (χ0) is 14.1. The first-order valence-corrected chi connectivity index (χ1v) is 8.68. The van der Waals surface area contributed by atoms with Gasteiger partial charge < -0.3 is 9.88 Å². The number of rotatable bonds is 4. The van der Waals surface area contributed by atoms with E-state index in [9.17, 15) is 0 Å². The molecule has 3 unspecified atom stereocenters. The molecule has 0 aliphatic heterocycles. The van der Waals surface area contributed by atoms with E-state index in [2.05, 4.69) is 54.4 Å². The van der Waals surface area contributed by atoms with Crippen LogP contribution in [0.1, 0.15) is 38.1 Å². The van der Waals surface area contributed by atoms with Crippen molar-refractivity contribution in [3.63, 3.8) is 0 Å². The van der Waals surface area contributed by atoms with Crippen molar-refractivity contribution < 1.29 is 0 Å². The lowest BCUT2D eigenvalue weighted by atomic mass is 10.2. The first-order valence-electron chi connectivity index (χ1n) is 7.39. The summed E-state index contributed by atoms with van der Waals surface area (Å²) in [7, 11) is 2.11. The molecule has 4 heteroatoms. The number of nitrogens with one attached hydrogen (secondary N) is 1. The molecule has 1 aromatic carbocycles. The van der Waals surface area contributed by atoms with E-state index in [0.717, 1.165) is 16.6 Å². The molecule has 0 spiro atoms. The van der Waals surface area contributed by atoms with E-state index in [1.165, 1.54) is 24.8 Å². The average Bonchev–Trinajstić information content (AvgIpc) is 3.04. The van der Waals surface area contributed by atoms with Crippen molar-refractivity contribution in [2.75, 3.05) is 6.26 Å². The fourth-order valence-corrected chi connectivity index (χ4v) is 4.08. The molecule has 1 N–H and O–H groups in total. The van der Waals surface area contributed by atoms with Crippen molar-refractivity contribution in [3.8, 4) is 0 Å². The summed E-state index contributed by atoms with van der Waals surface area (Å²) >= 11 is 2.01. The summed E-state index contributed by atoms with van der Waals surface area (Å²) in [6.45, 7) is 2.23. The quantitative estimate of drug-likeness (QED) is 0.934. The largest absolute Gasteiger partial charge is 0.330 e. The maximum Gasteiger partial charge on any atom is 0.126 e. The van der Waals surface area contributed by atoms with Gasteiger partial charge in [-0.25, -0.2) is 4.98 Å². The topological polar surface area (TPSA) is 29.9 Å². The van der Waals surface area contributed by atoms with Gasteiger partial charge in [-0.05, 0) is 44.6 Å². The Labute approximate surface area is 125 Å². The highest BCUT2D eigenvalue weighted by molar-refractivity contribution is 7.99. The number of benzene rings is 1. The van der Waals surface area contributed by atoms with Crippen LogP contribution in [0, 0.1) is 0 Å². The number of nitrogens with zero attached hydrogens (tertiary/aromatic N) is 2. The Bertz CT molecular complexity index is 592. The van der Waals surface area contributed by atoms with Crippen LogP contribution in [0.15, 0.2) is 24.3 Å². The molecule has 0 radical (unpaired) electrons. The van der Waals surface area contributed by atoms with Crippen LogP contribution in [0.2, 0.25) is 0 Å². The Morgan fingerprint density at radius 3 is 2.85 bits per heavy atom. The predicted octanol–water partition coefficient (Wildman–Crippen LogP) is 3.51. The number of fused-ring (bicyclic) bond motifs is 1. The molecular formula is C16H23N3S. The molecule has 3 nitrogen and oxygen atoms in total. The molecule has 3 atom stereocenters. The van der Waals surface area contributed by atoms with E-state index in [-0.39, 0.29) is 0 Å². The first kappa shape index (κ1) is 14.0. The van der Waals surface area contributed by atoms with Gasteiger partial charge in [0, 0.05) is 18.3 Å². The van der Waals surface area contributed by atoms with E-state index < -0.39 is 0 Å². The zero-order valence-electron chi connectivity index (χ0n) is 12.5. The molecular weight excluding hydrogens is 266 g/mol. The van der Waals surface area contributed by atoms with Gasteiger partial charge in [0.2, 0.25) is 0 Å². The van der Waals surface area contributed by atoms with E-state index in [0.29, 0.717) is 12.1 Å². The highest BCUT2D eigenvalue weighted by Crippen LogP contribution is 2.30. The van der Waals surface area contributed by atoms with Gasteiger partial charge in [0.05, 0.1) is 17.1 Å². The van der Waals surface area contributed by atoms with Crippen molar-refractivity contribution in [1.29, 1.82) is 0 Å². The van der Waals surface area contributed by atoms with Crippen LogP contribution in [0.3, 0.4) is 0 Å². The molecule has 108 valence electrons. The lowest BCUT2D eigenvalue weighted by Crippen LogP contribution is -2.31. The van der Waals surface area contributed by atoms with Crippen LogP contribution in [0.4, 0.5) is 0 Å². The third-order valence-electron chi connectivity index (χ3n) is 4.41. The second kappa shape index (κ2) is 5.78. The Hall–Kier alpha value is -1.00. The molecule has 2 aromatic rings. The standard InChI is InChI=1S/C16H23N3S/c1-11(17-12-8-9-13(10-12)20-3)16-18-14-6-4-5-7-15(14)19(16)2/h4-7,11-13,17H,8-10H2,1-3H3. The number of aromatic nitrogens is 2. The van der Waals surface area contributed by atoms with Crippen molar-refractivity contribution in [2.24, 2.45) is 7.05 Å². The summed E-state index contributed by atoms with van der Waals surface area (Å²) in [5, 5.41) is 4.60. The molecule has 20 heavy (non-hydrogen) atoms. The van der Waals surface area contributed by atoms with Gasteiger partial charge in [-0.1, -0.05) is 12.1 Å². The summed E-state index contributed by atoms with van der Waals surface area (Å²) < 4.78 is 2.22. The lowest BCUT2D eigenvalue weighted by Gasteiger charge is -2.19. The molecule has 1 heterocycles. The normalized spacial score (nSPS) is 24.4. The van der Waals surface area contributed by atoms with Crippen LogP contribution < -0.4 is 5.32 Å². The summed E-state index contributed by atoms with van der Waals surface area (Å²) in [5.74, 6) is 1.14. The zero-order valence-corrected chi connectivity index (χ0v) is 13.3. The maximum absolute atomic E-state index is 4.79. The van der Waals surface area contributed by atoms with Crippen LogP contribution in [-0.2, 0) is 7.05 Å². The van der Waals surface area contributed by atoms with Gasteiger partial charge in [-0.3, -0.25) is 0 Å². The molecule has 1 saturated carbocycles. The summed E-state index contributed by atoms with van der Waals surface area (Å²) in [4.78, 5) is 4.79. The van der Waals surface area contributed by atoms with Crippen LogP contribution in [0.25, 0.3) is 11.0 Å².